The molecular weight excluding hydrogens is 162 g/mol. The van der Waals surface area contributed by atoms with E-state index in [2.05, 4.69) is 4.98 Å². The van der Waals surface area contributed by atoms with Gasteiger partial charge in [-0.2, -0.15) is 8.78 Å². The number of aromatic amines is 1. The molecule has 0 aliphatic rings. The number of halogens is 2. The van der Waals surface area contributed by atoms with Gasteiger partial charge in [-0.3, -0.25) is 0 Å². The van der Waals surface area contributed by atoms with Crippen molar-refractivity contribution in [2.75, 3.05) is 6.54 Å². The monoisotopic (exact) mass is 174 g/mol. The summed E-state index contributed by atoms with van der Waals surface area (Å²) in [7, 11) is 0. The van der Waals surface area contributed by atoms with Gasteiger partial charge < -0.3 is 10.7 Å². The minimum absolute atomic E-state index is 0.00231. The van der Waals surface area contributed by atoms with Gasteiger partial charge in [-0.25, -0.2) is 0 Å². The molecule has 0 fully saturated rings. The SMILES string of the molecule is Cc1cc(C(F)(F)CN)c(C)[nH]1. The molecule has 0 spiro atoms. The zero-order valence-electron chi connectivity index (χ0n) is 7.12. The zero-order chi connectivity index (χ0) is 9.35. The number of nitrogens with one attached hydrogen (secondary N) is 1. The van der Waals surface area contributed by atoms with Crippen molar-refractivity contribution < 1.29 is 8.78 Å². The molecule has 0 atom stereocenters. The number of rotatable bonds is 2. The summed E-state index contributed by atoms with van der Waals surface area (Å²) >= 11 is 0. The second-order valence-corrected chi connectivity index (χ2v) is 2.90. The fraction of sp³-hybridized carbons (Fsp3) is 0.500. The number of hydrogen-bond acceptors (Lipinski definition) is 1. The highest BCUT2D eigenvalue weighted by Crippen LogP contribution is 2.29. The predicted octanol–water partition coefficient (Wildman–Crippen LogP) is 1.68. The molecule has 3 N–H and O–H groups in total. The van der Waals surface area contributed by atoms with Crippen LogP contribution < -0.4 is 5.73 Å². The number of nitrogens with two attached hydrogens (primary N) is 1. The quantitative estimate of drug-likeness (QED) is 0.703. The summed E-state index contributed by atoms with van der Waals surface area (Å²) in [5, 5.41) is 0. The van der Waals surface area contributed by atoms with Crippen molar-refractivity contribution in [2.24, 2.45) is 5.73 Å². The van der Waals surface area contributed by atoms with Crippen molar-refractivity contribution in [3.05, 3.63) is 23.0 Å². The van der Waals surface area contributed by atoms with Crippen molar-refractivity contribution in [3.8, 4) is 0 Å². The molecule has 0 unspecified atom stereocenters. The van der Waals surface area contributed by atoms with Gasteiger partial charge in [0, 0.05) is 17.0 Å². The maximum absolute atomic E-state index is 13.0. The third kappa shape index (κ3) is 1.48. The topological polar surface area (TPSA) is 41.8 Å². The lowest BCUT2D eigenvalue weighted by atomic mass is 10.1. The highest BCUT2D eigenvalue weighted by Gasteiger charge is 2.32. The maximum atomic E-state index is 13.0. The molecule has 68 valence electrons. The largest absolute Gasteiger partial charge is 0.362 e. The Hall–Kier alpha value is -0.900. The first-order valence-corrected chi connectivity index (χ1v) is 3.72. The normalized spacial score (nSPS) is 12.1. The second-order valence-electron chi connectivity index (χ2n) is 2.90. The molecular formula is C8H12F2N2. The molecule has 0 aromatic carbocycles. The number of H-pyrrole nitrogens is 1. The Morgan fingerprint density at radius 3 is 2.42 bits per heavy atom. The van der Waals surface area contributed by atoms with Crippen LogP contribution in [0.25, 0.3) is 0 Å². The Kier molecular flexibility index (Phi) is 2.19. The molecule has 1 heterocycles. The van der Waals surface area contributed by atoms with E-state index in [9.17, 15) is 8.78 Å². The van der Waals surface area contributed by atoms with Crippen LogP contribution in [0.15, 0.2) is 6.07 Å². The van der Waals surface area contributed by atoms with E-state index in [1.54, 1.807) is 13.8 Å². The number of hydrogen-bond donors (Lipinski definition) is 2. The van der Waals surface area contributed by atoms with E-state index in [0.717, 1.165) is 5.69 Å². The van der Waals surface area contributed by atoms with Crippen LogP contribution in [-0.4, -0.2) is 11.5 Å². The third-order valence-electron chi connectivity index (χ3n) is 1.80. The summed E-state index contributed by atoms with van der Waals surface area (Å²) in [5.74, 6) is -2.91. The first-order chi connectivity index (χ1) is 5.47. The number of aromatic nitrogens is 1. The van der Waals surface area contributed by atoms with Crippen molar-refractivity contribution in [2.45, 2.75) is 19.8 Å². The van der Waals surface area contributed by atoms with E-state index >= 15 is 0 Å². The summed E-state index contributed by atoms with van der Waals surface area (Å²) in [4.78, 5) is 2.81. The molecule has 0 aliphatic carbocycles. The summed E-state index contributed by atoms with van der Waals surface area (Å²) < 4.78 is 26.0. The van der Waals surface area contributed by atoms with Crippen LogP contribution in [0.5, 0.6) is 0 Å². The molecule has 12 heavy (non-hydrogen) atoms. The lowest BCUT2D eigenvalue weighted by Crippen LogP contribution is -2.25. The maximum Gasteiger partial charge on any atom is 0.286 e. The Bertz CT molecular complexity index is 279. The van der Waals surface area contributed by atoms with Gasteiger partial charge in [0.2, 0.25) is 0 Å². The molecule has 1 aromatic rings. The van der Waals surface area contributed by atoms with E-state index in [0.29, 0.717) is 5.69 Å². The molecule has 2 nitrogen and oxygen atoms in total. The summed E-state index contributed by atoms with van der Waals surface area (Å²) in [5.41, 5.74) is 6.18. The van der Waals surface area contributed by atoms with Gasteiger partial charge in [0.05, 0.1) is 6.54 Å². The summed E-state index contributed by atoms with van der Waals surface area (Å²) in [6, 6.07) is 1.43. The van der Waals surface area contributed by atoms with Crippen LogP contribution in [0.1, 0.15) is 17.0 Å². The first kappa shape index (κ1) is 9.19. The highest BCUT2D eigenvalue weighted by atomic mass is 19.3. The Balaban J connectivity index is 3.09. The van der Waals surface area contributed by atoms with Crippen LogP contribution in [-0.2, 0) is 5.92 Å². The minimum atomic E-state index is -2.91. The molecule has 0 radical (unpaired) electrons. The smallest absolute Gasteiger partial charge is 0.286 e. The van der Waals surface area contributed by atoms with Gasteiger partial charge in [-0.1, -0.05) is 0 Å². The van der Waals surface area contributed by atoms with Crippen LogP contribution in [0, 0.1) is 13.8 Å². The van der Waals surface area contributed by atoms with Gasteiger partial charge in [-0.15, -0.1) is 0 Å². The van der Waals surface area contributed by atoms with E-state index < -0.39 is 12.5 Å². The molecule has 0 bridgehead atoms. The van der Waals surface area contributed by atoms with Gasteiger partial charge in [0.15, 0.2) is 0 Å². The van der Waals surface area contributed by atoms with Gasteiger partial charge in [0.25, 0.3) is 5.92 Å². The van der Waals surface area contributed by atoms with Crippen molar-refractivity contribution in [1.29, 1.82) is 0 Å². The first-order valence-electron chi connectivity index (χ1n) is 3.72. The molecule has 0 saturated heterocycles. The van der Waals surface area contributed by atoms with E-state index in [4.69, 9.17) is 5.73 Å². The predicted molar refractivity (Wildman–Crippen MR) is 43.2 cm³/mol. The van der Waals surface area contributed by atoms with Gasteiger partial charge in [0.1, 0.15) is 0 Å². The fourth-order valence-corrected chi connectivity index (χ4v) is 1.21. The van der Waals surface area contributed by atoms with Crippen molar-refractivity contribution in [1.82, 2.24) is 4.98 Å². The molecule has 0 aliphatic heterocycles. The fourth-order valence-electron chi connectivity index (χ4n) is 1.21. The van der Waals surface area contributed by atoms with Crippen LogP contribution >= 0.6 is 0 Å². The Morgan fingerprint density at radius 1 is 1.50 bits per heavy atom. The van der Waals surface area contributed by atoms with Gasteiger partial charge in [-0.05, 0) is 19.9 Å². The standard InChI is InChI=1S/C8H12F2N2/c1-5-3-7(6(2)12-5)8(9,10)4-11/h3,12H,4,11H2,1-2H3. The van der Waals surface area contributed by atoms with Crippen LogP contribution in [0.3, 0.4) is 0 Å². The van der Waals surface area contributed by atoms with Crippen molar-refractivity contribution in [3.63, 3.8) is 0 Å². The summed E-state index contributed by atoms with van der Waals surface area (Å²) in [6.07, 6.45) is 0. The van der Waals surface area contributed by atoms with Crippen LogP contribution in [0.4, 0.5) is 8.78 Å². The van der Waals surface area contributed by atoms with E-state index in [1.807, 2.05) is 0 Å². The Morgan fingerprint density at radius 2 is 2.08 bits per heavy atom. The average Bonchev–Trinajstić information content (AvgIpc) is 2.31. The Labute approximate surface area is 69.8 Å². The molecule has 0 amide bonds. The van der Waals surface area contributed by atoms with E-state index in [-0.39, 0.29) is 5.56 Å². The number of alkyl halides is 2. The van der Waals surface area contributed by atoms with Crippen LogP contribution in [0.2, 0.25) is 0 Å². The zero-order valence-corrected chi connectivity index (χ0v) is 7.12. The van der Waals surface area contributed by atoms with Gasteiger partial charge >= 0.3 is 0 Å². The minimum Gasteiger partial charge on any atom is -0.362 e. The van der Waals surface area contributed by atoms with Crippen molar-refractivity contribution >= 4 is 0 Å². The number of aryl methyl sites for hydroxylation is 2. The molecule has 1 rings (SSSR count). The highest BCUT2D eigenvalue weighted by molar-refractivity contribution is 5.28. The lowest BCUT2D eigenvalue weighted by molar-refractivity contribution is 0.00545. The third-order valence-corrected chi connectivity index (χ3v) is 1.80. The lowest BCUT2D eigenvalue weighted by Gasteiger charge is -2.12. The average molecular weight is 174 g/mol. The van der Waals surface area contributed by atoms with E-state index in [1.165, 1.54) is 6.07 Å². The summed E-state index contributed by atoms with van der Waals surface area (Å²) in [6.45, 7) is 2.71. The molecule has 0 saturated carbocycles. The molecule has 1 aromatic heterocycles. The molecule has 4 heteroatoms. The second kappa shape index (κ2) is 2.86.